The van der Waals surface area contributed by atoms with E-state index in [0.29, 0.717) is 19.4 Å². The van der Waals surface area contributed by atoms with Crippen molar-refractivity contribution in [3.05, 3.63) is 29.8 Å². The molecule has 1 atom stereocenters. The second-order valence-electron chi connectivity index (χ2n) is 5.09. The van der Waals surface area contributed by atoms with E-state index in [-0.39, 0.29) is 12.2 Å². The van der Waals surface area contributed by atoms with Gasteiger partial charge in [-0.05, 0) is 37.6 Å². The normalized spacial score (nSPS) is 19.1. The van der Waals surface area contributed by atoms with E-state index >= 15 is 0 Å². The fraction of sp³-hybridized carbons (Fsp3) is 0.429. The van der Waals surface area contributed by atoms with Gasteiger partial charge >= 0.3 is 12.1 Å². The van der Waals surface area contributed by atoms with Gasteiger partial charge in [0.1, 0.15) is 6.04 Å². The Morgan fingerprint density at radius 1 is 1.36 bits per heavy atom. The SMILES string of the molecule is O=C(CN1CCCC1C(=O)O)Nc1cccc(C(F)(F)F)c1. The van der Waals surface area contributed by atoms with Crippen molar-refractivity contribution in [3.63, 3.8) is 0 Å². The van der Waals surface area contributed by atoms with E-state index in [4.69, 9.17) is 5.11 Å². The van der Waals surface area contributed by atoms with Crippen LogP contribution in [0.25, 0.3) is 0 Å². The summed E-state index contributed by atoms with van der Waals surface area (Å²) in [4.78, 5) is 24.4. The van der Waals surface area contributed by atoms with Crippen LogP contribution >= 0.6 is 0 Å². The molecule has 22 heavy (non-hydrogen) atoms. The van der Waals surface area contributed by atoms with E-state index in [1.54, 1.807) is 0 Å². The maximum atomic E-state index is 12.6. The number of hydrogen-bond donors (Lipinski definition) is 2. The molecule has 120 valence electrons. The first kappa shape index (κ1) is 16.3. The van der Waals surface area contributed by atoms with Crippen LogP contribution in [0.5, 0.6) is 0 Å². The second kappa shape index (κ2) is 6.35. The lowest BCUT2D eigenvalue weighted by Gasteiger charge is -2.20. The van der Waals surface area contributed by atoms with Crippen LogP contribution in [0.3, 0.4) is 0 Å². The first-order valence-electron chi connectivity index (χ1n) is 6.71. The van der Waals surface area contributed by atoms with Crippen molar-refractivity contribution in [2.75, 3.05) is 18.4 Å². The fourth-order valence-corrected chi connectivity index (χ4v) is 2.45. The molecule has 1 aromatic rings. The molecule has 0 radical (unpaired) electrons. The maximum absolute atomic E-state index is 12.6. The third-order valence-electron chi connectivity index (χ3n) is 3.47. The van der Waals surface area contributed by atoms with Gasteiger partial charge in [-0.1, -0.05) is 6.07 Å². The van der Waals surface area contributed by atoms with Gasteiger partial charge < -0.3 is 10.4 Å². The molecular weight excluding hydrogens is 301 g/mol. The zero-order valence-corrected chi connectivity index (χ0v) is 11.6. The zero-order chi connectivity index (χ0) is 16.3. The van der Waals surface area contributed by atoms with E-state index in [1.807, 2.05) is 0 Å². The molecule has 2 rings (SSSR count). The molecule has 1 aliphatic heterocycles. The van der Waals surface area contributed by atoms with Crippen molar-refractivity contribution >= 4 is 17.6 Å². The van der Waals surface area contributed by atoms with Gasteiger partial charge in [0.25, 0.3) is 0 Å². The number of carbonyl (C=O) groups is 2. The van der Waals surface area contributed by atoms with Crippen molar-refractivity contribution in [1.82, 2.24) is 4.90 Å². The number of nitrogens with one attached hydrogen (secondary N) is 1. The van der Waals surface area contributed by atoms with E-state index < -0.39 is 29.7 Å². The molecule has 0 bridgehead atoms. The molecule has 1 heterocycles. The monoisotopic (exact) mass is 316 g/mol. The van der Waals surface area contributed by atoms with Crippen LogP contribution < -0.4 is 5.32 Å². The average molecular weight is 316 g/mol. The number of anilines is 1. The minimum absolute atomic E-state index is 0.0332. The second-order valence-corrected chi connectivity index (χ2v) is 5.09. The number of nitrogens with zero attached hydrogens (tertiary/aromatic N) is 1. The Balaban J connectivity index is 1.99. The van der Waals surface area contributed by atoms with Crippen molar-refractivity contribution in [2.45, 2.75) is 25.1 Å². The quantitative estimate of drug-likeness (QED) is 0.893. The highest BCUT2D eigenvalue weighted by Crippen LogP contribution is 2.30. The van der Waals surface area contributed by atoms with Crippen LogP contribution in [0, 0.1) is 0 Å². The lowest BCUT2D eigenvalue weighted by atomic mass is 10.2. The molecular formula is C14H15F3N2O3. The number of alkyl halides is 3. The molecule has 1 unspecified atom stereocenters. The van der Waals surface area contributed by atoms with Gasteiger partial charge in [-0.2, -0.15) is 13.2 Å². The molecule has 0 saturated carbocycles. The van der Waals surface area contributed by atoms with Crippen molar-refractivity contribution in [1.29, 1.82) is 0 Å². The summed E-state index contributed by atoms with van der Waals surface area (Å²) in [7, 11) is 0. The molecule has 0 spiro atoms. The van der Waals surface area contributed by atoms with Crippen molar-refractivity contribution < 1.29 is 27.9 Å². The lowest BCUT2D eigenvalue weighted by molar-refractivity contribution is -0.142. The lowest BCUT2D eigenvalue weighted by Crippen LogP contribution is -2.40. The highest BCUT2D eigenvalue weighted by molar-refractivity contribution is 5.92. The van der Waals surface area contributed by atoms with Gasteiger partial charge in [-0.25, -0.2) is 0 Å². The number of likely N-dealkylation sites (tertiary alicyclic amines) is 1. The van der Waals surface area contributed by atoms with Gasteiger partial charge in [0.15, 0.2) is 0 Å². The number of halogens is 3. The Morgan fingerprint density at radius 3 is 2.73 bits per heavy atom. The van der Waals surface area contributed by atoms with Gasteiger partial charge in [0.2, 0.25) is 5.91 Å². The smallest absolute Gasteiger partial charge is 0.416 e. The van der Waals surface area contributed by atoms with Gasteiger partial charge in [0.05, 0.1) is 12.1 Å². The van der Waals surface area contributed by atoms with Crippen LogP contribution in [0.15, 0.2) is 24.3 Å². The Bertz CT molecular complexity index is 575. The number of rotatable bonds is 4. The Labute approximate surface area is 124 Å². The zero-order valence-electron chi connectivity index (χ0n) is 11.6. The average Bonchev–Trinajstić information content (AvgIpc) is 2.86. The van der Waals surface area contributed by atoms with E-state index in [1.165, 1.54) is 17.0 Å². The van der Waals surface area contributed by atoms with Crippen LogP contribution in [0.1, 0.15) is 18.4 Å². The predicted molar refractivity (Wildman–Crippen MR) is 72.3 cm³/mol. The first-order chi connectivity index (χ1) is 10.3. The van der Waals surface area contributed by atoms with E-state index in [2.05, 4.69) is 5.32 Å². The molecule has 1 aromatic carbocycles. The molecule has 1 aliphatic rings. The minimum Gasteiger partial charge on any atom is -0.480 e. The topological polar surface area (TPSA) is 69.6 Å². The van der Waals surface area contributed by atoms with E-state index in [0.717, 1.165) is 12.1 Å². The van der Waals surface area contributed by atoms with E-state index in [9.17, 15) is 22.8 Å². The third-order valence-corrected chi connectivity index (χ3v) is 3.47. The number of benzene rings is 1. The summed E-state index contributed by atoms with van der Waals surface area (Å²) in [6.07, 6.45) is -3.34. The van der Waals surface area contributed by atoms with Gasteiger partial charge in [-0.15, -0.1) is 0 Å². The van der Waals surface area contributed by atoms with Crippen LogP contribution in [-0.4, -0.2) is 41.0 Å². The van der Waals surface area contributed by atoms with Crippen molar-refractivity contribution in [2.24, 2.45) is 0 Å². The summed E-state index contributed by atoms with van der Waals surface area (Å²) in [5, 5.41) is 11.4. The number of carboxylic acids is 1. The van der Waals surface area contributed by atoms with Gasteiger partial charge in [0, 0.05) is 5.69 Å². The number of aliphatic carboxylic acids is 1. The first-order valence-corrected chi connectivity index (χ1v) is 6.71. The molecule has 8 heteroatoms. The highest BCUT2D eigenvalue weighted by atomic mass is 19.4. The Morgan fingerprint density at radius 2 is 2.09 bits per heavy atom. The number of carbonyl (C=O) groups excluding carboxylic acids is 1. The van der Waals surface area contributed by atoms with Crippen LogP contribution in [0.2, 0.25) is 0 Å². The standard InChI is InChI=1S/C14H15F3N2O3/c15-14(16,17)9-3-1-4-10(7-9)18-12(20)8-19-6-2-5-11(19)13(21)22/h1,3-4,7,11H,2,5-6,8H2,(H,18,20)(H,21,22). The summed E-state index contributed by atoms with van der Waals surface area (Å²) in [5.74, 6) is -1.53. The van der Waals surface area contributed by atoms with Crippen molar-refractivity contribution in [3.8, 4) is 0 Å². The molecule has 0 aliphatic carbocycles. The fourth-order valence-electron chi connectivity index (χ4n) is 2.45. The summed E-state index contributed by atoms with van der Waals surface area (Å²) in [6.45, 7) is 0.320. The largest absolute Gasteiger partial charge is 0.480 e. The number of hydrogen-bond acceptors (Lipinski definition) is 3. The summed E-state index contributed by atoms with van der Waals surface area (Å²) in [5.41, 5.74) is -0.819. The predicted octanol–water partition coefficient (Wildman–Crippen LogP) is 2.19. The number of amides is 1. The third kappa shape index (κ3) is 3.97. The summed E-state index contributed by atoms with van der Waals surface area (Å²) >= 11 is 0. The molecule has 0 aromatic heterocycles. The van der Waals surface area contributed by atoms with Gasteiger partial charge in [-0.3, -0.25) is 14.5 Å². The maximum Gasteiger partial charge on any atom is 0.416 e. The molecule has 1 fully saturated rings. The van der Waals surface area contributed by atoms with Crippen LogP contribution in [-0.2, 0) is 15.8 Å². The highest BCUT2D eigenvalue weighted by Gasteiger charge is 2.32. The number of carboxylic acid groups (broad SMARTS) is 1. The Hall–Kier alpha value is -2.09. The Kier molecular flexibility index (Phi) is 4.70. The molecule has 1 amide bonds. The summed E-state index contributed by atoms with van der Waals surface area (Å²) < 4.78 is 37.8. The minimum atomic E-state index is -4.48. The summed E-state index contributed by atoms with van der Waals surface area (Å²) in [6, 6.07) is 3.60. The molecule has 5 nitrogen and oxygen atoms in total. The van der Waals surface area contributed by atoms with Crippen LogP contribution in [0.4, 0.5) is 18.9 Å². The molecule has 2 N–H and O–H groups in total. The molecule has 1 saturated heterocycles.